The van der Waals surface area contributed by atoms with E-state index in [0.29, 0.717) is 5.02 Å². The normalized spacial score (nSPS) is 11.5. The average Bonchev–Trinajstić information content (AvgIpc) is 2.47. The first kappa shape index (κ1) is 18.0. The lowest BCUT2D eigenvalue weighted by Gasteiger charge is -2.14. The number of carboxylic acids is 1. The van der Waals surface area contributed by atoms with Crippen LogP contribution < -0.4 is 5.32 Å². The minimum atomic E-state index is -1.14. The van der Waals surface area contributed by atoms with Crippen molar-refractivity contribution < 1.29 is 24.2 Å². The number of ether oxygens (including phenoxy) is 1. The molecular formula is C15H18ClNO5. The Balaban J connectivity index is 2.53. The molecule has 2 N–H and O–H groups in total. The van der Waals surface area contributed by atoms with Crippen LogP contribution in [-0.4, -0.2) is 35.6 Å². The van der Waals surface area contributed by atoms with Gasteiger partial charge in [0.1, 0.15) is 6.04 Å². The third-order valence-corrected chi connectivity index (χ3v) is 3.10. The Morgan fingerprint density at radius 3 is 2.41 bits per heavy atom. The molecule has 0 radical (unpaired) electrons. The van der Waals surface area contributed by atoms with E-state index in [0.717, 1.165) is 5.56 Å². The lowest BCUT2D eigenvalue weighted by molar-refractivity contribution is -0.144. The molecule has 0 aliphatic rings. The van der Waals surface area contributed by atoms with Gasteiger partial charge in [0.2, 0.25) is 5.91 Å². The van der Waals surface area contributed by atoms with Crippen molar-refractivity contribution in [2.45, 2.75) is 32.2 Å². The highest BCUT2D eigenvalue weighted by Crippen LogP contribution is 2.11. The van der Waals surface area contributed by atoms with Crippen LogP contribution in [0, 0.1) is 0 Å². The van der Waals surface area contributed by atoms with Crippen molar-refractivity contribution in [2.24, 2.45) is 0 Å². The molecule has 0 spiro atoms. The number of carbonyl (C=O) groups is 3. The molecule has 0 aliphatic carbocycles. The fourth-order valence-corrected chi connectivity index (χ4v) is 1.90. The zero-order chi connectivity index (χ0) is 16.5. The first-order valence-corrected chi connectivity index (χ1v) is 7.22. The summed E-state index contributed by atoms with van der Waals surface area (Å²) < 4.78 is 4.70. The monoisotopic (exact) mass is 327 g/mol. The number of carbonyl (C=O) groups excluding carboxylic acids is 2. The maximum Gasteiger partial charge on any atom is 0.326 e. The van der Waals surface area contributed by atoms with E-state index in [-0.39, 0.29) is 25.9 Å². The van der Waals surface area contributed by atoms with Crippen LogP contribution in [0.2, 0.25) is 5.02 Å². The van der Waals surface area contributed by atoms with E-state index in [1.54, 1.807) is 31.2 Å². The van der Waals surface area contributed by atoms with Crippen LogP contribution in [-0.2, 0) is 25.5 Å². The van der Waals surface area contributed by atoms with Gasteiger partial charge < -0.3 is 15.2 Å². The van der Waals surface area contributed by atoms with Gasteiger partial charge in [0, 0.05) is 17.9 Å². The minimum Gasteiger partial charge on any atom is -0.480 e. The summed E-state index contributed by atoms with van der Waals surface area (Å²) >= 11 is 5.76. The van der Waals surface area contributed by atoms with Crippen molar-refractivity contribution in [1.29, 1.82) is 0 Å². The summed E-state index contributed by atoms with van der Waals surface area (Å²) in [7, 11) is 0. The molecule has 1 atom stereocenters. The Morgan fingerprint density at radius 2 is 1.86 bits per heavy atom. The van der Waals surface area contributed by atoms with Crippen molar-refractivity contribution in [3.8, 4) is 0 Å². The molecule has 22 heavy (non-hydrogen) atoms. The van der Waals surface area contributed by atoms with E-state index in [1.807, 2.05) is 0 Å². The lowest BCUT2D eigenvalue weighted by Crippen LogP contribution is -2.42. The van der Waals surface area contributed by atoms with Gasteiger partial charge in [-0.15, -0.1) is 0 Å². The summed E-state index contributed by atoms with van der Waals surface area (Å²) in [6.07, 6.45) is -0.0478. The Bertz CT molecular complexity index is 529. The standard InChI is InChI=1S/C15H18ClNO5/c1-2-22-14(19)8-7-13(18)17-12(15(20)21)9-10-3-5-11(16)6-4-10/h3-6,12H,2,7-9H2,1H3,(H,17,18)(H,20,21)/t12-/m0/s1. The van der Waals surface area contributed by atoms with Gasteiger partial charge in [0.25, 0.3) is 0 Å². The first-order chi connectivity index (χ1) is 10.4. The molecule has 7 heteroatoms. The maximum atomic E-state index is 11.7. The van der Waals surface area contributed by atoms with E-state index in [1.165, 1.54) is 0 Å². The summed E-state index contributed by atoms with van der Waals surface area (Å²) in [5.41, 5.74) is 0.738. The van der Waals surface area contributed by atoms with Crippen LogP contribution in [0.3, 0.4) is 0 Å². The fraction of sp³-hybridized carbons (Fsp3) is 0.400. The van der Waals surface area contributed by atoms with Crippen molar-refractivity contribution >= 4 is 29.4 Å². The van der Waals surface area contributed by atoms with Gasteiger partial charge in [-0.05, 0) is 24.6 Å². The van der Waals surface area contributed by atoms with Crippen molar-refractivity contribution in [3.63, 3.8) is 0 Å². The molecule has 1 rings (SSSR count). The SMILES string of the molecule is CCOC(=O)CCC(=O)N[C@@H](Cc1ccc(Cl)cc1)C(=O)O. The second kappa shape index (κ2) is 9.04. The number of hydrogen-bond acceptors (Lipinski definition) is 4. The highest BCUT2D eigenvalue weighted by molar-refractivity contribution is 6.30. The zero-order valence-electron chi connectivity index (χ0n) is 12.2. The van der Waals surface area contributed by atoms with Crippen LogP contribution >= 0.6 is 11.6 Å². The van der Waals surface area contributed by atoms with E-state index in [9.17, 15) is 14.4 Å². The number of rotatable bonds is 8. The van der Waals surface area contributed by atoms with Crippen molar-refractivity contribution in [1.82, 2.24) is 5.32 Å². The first-order valence-electron chi connectivity index (χ1n) is 6.84. The third-order valence-electron chi connectivity index (χ3n) is 2.85. The molecule has 1 amide bonds. The number of nitrogens with one attached hydrogen (secondary N) is 1. The van der Waals surface area contributed by atoms with Gasteiger partial charge in [-0.25, -0.2) is 4.79 Å². The highest BCUT2D eigenvalue weighted by Gasteiger charge is 2.20. The largest absolute Gasteiger partial charge is 0.480 e. The highest BCUT2D eigenvalue weighted by atomic mass is 35.5. The Morgan fingerprint density at radius 1 is 1.23 bits per heavy atom. The maximum absolute atomic E-state index is 11.7. The van der Waals surface area contributed by atoms with Crippen LogP contribution in [0.5, 0.6) is 0 Å². The molecule has 0 bridgehead atoms. The number of hydrogen-bond donors (Lipinski definition) is 2. The molecule has 1 aromatic carbocycles. The Labute approximate surface area is 133 Å². The number of halogens is 1. The molecule has 0 saturated carbocycles. The molecule has 0 unspecified atom stereocenters. The van der Waals surface area contributed by atoms with Gasteiger partial charge in [-0.1, -0.05) is 23.7 Å². The second-order valence-electron chi connectivity index (χ2n) is 4.59. The number of aliphatic carboxylic acids is 1. The van der Waals surface area contributed by atoms with Gasteiger partial charge in [0.15, 0.2) is 0 Å². The quantitative estimate of drug-likeness (QED) is 0.710. The van der Waals surface area contributed by atoms with Gasteiger partial charge >= 0.3 is 11.9 Å². The lowest BCUT2D eigenvalue weighted by atomic mass is 10.1. The van der Waals surface area contributed by atoms with E-state index < -0.39 is 23.9 Å². The Hall–Kier alpha value is -2.08. The molecule has 120 valence electrons. The number of carboxylic acid groups (broad SMARTS) is 1. The van der Waals surface area contributed by atoms with Crippen LogP contribution in [0.25, 0.3) is 0 Å². The molecule has 0 fully saturated rings. The predicted molar refractivity (Wildman–Crippen MR) is 80.6 cm³/mol. The van der Waals surface area contributed by atoms with Crippen LogP contribution in [0.1, 0.15) is 25.3 Å². The topological polar surface area (TPSA) is 92.7 Å². The van der Waals surface area contributed by atoms with Crippen LogP contribution in [0.4, 0.5) is 0 Å². The summed E-state index contributed by atoms with van der Waals surface area (Å²) in [6, 6.07) is 5.64. The Kier molecular flexibility index (Phi) is 7.39. The summed E-state index contributed by atoms with van der Waals surface area (Å²) in [4.78, 5) is 34.1. The number of amides is 1. The molecule has 0 aliphatic heterocycles. The van der Waals surface area contributed by atoms with Gasteiger partial charge in [0.05, 0.1) is 13.0 Å². The summed E-state index contributed by atoms with van der Waals surface area (Å²) in [5, 5.41) is 12.1. The van der Waals surface area contributed by atoms with Gasteiger partial charge in [-0.3, -0.25) is 9.59 Å². The summed E-state index contributed by atoms with van der Waals surface area (Å²) in [5.74, 6) is -2.13. The number of benzene rings is 1. The van der Waals surface area contributed by atoms with Gasteiger partial charge in [-0.2, -0.15) is 0 Å². The predicted octanol–water partition coefficient (Wildman–Crippen LogP) is 1.80. The van der Waals surface area contributed by atoms with E-state index in [4.69, 9.17) is 21.4 Å². The number of esters is 1. The third kappa shape index (κ3) is 6.58. The second-order valence-corrected chi connectivity index (χ2v) is 5.03. The summed E-state index contributed by atoms with van der Waals surface area (Å²) in [6.45, 7) is 1.92. The van der Waals surface area contributed by atoms with Crippen molar-refractivity contribution in [3.05, 3.63) is 34.9 Å². The van der Waals surface area contributed by atoms with Crippen LogP contribution in [0.15, 0.2) is 24.3 Å². The zero-order valence-corrected chi connectivity index (χ0v) is 12.9. The molecule has 1 aromatic rings. The minimum absolute atomic E-state index is 0.0764. The average molecular weight is 328 g/mol. The molecule has 0 aromatic heterocycles. The molecule has 0 heterocycles. The smallest absolute Gasteiger partial charge is 0.326 e. The van der Waals surface area contributed by atoms with E-state index >= 15 is 0 Å². The fourth-order valence-electron chi connectivity index (χ4n) is 1.77. The van der Waals surface area contributed by atoms with E-state index in [2.05, 4.69) is 5.32 Å². The molecule has 0 saturated heterocycles. The molecule has 6 nitrogen and oxygen atoms in total. The molecular weight excluding hydrogens is 310 g/mol. The van der Waals surface area contributed by atoms with Crippen molar-refractivity contribution in [2.75, 3.05) is 6.61 Å².